The van der Waals surface area contributed by atoms with E-state index >= 15 is 0 Å². The second kappa shape index (κ2) is 8.60. The number of carbonyl (C=O) groups excluding carboxylic acids is 1. The Labute approximate surface area is 149 Å². The molecule has 1 amide bonds. The number of nitrogens with two attached hydrogens (primary N) is 1. The Hall–Kier alpha value is -0.190. The van der Waals surface area contributed by atoms with E-state index in [0.29, 0.717) is 49.8 Å². The van der Waals surface area contributed by atoms with E-state index in [0.717, 1.165) is 3.79 Å². The molecule has 1 saturated heterocycles. The molecular weight excluding hydrogens is 414 g/mol. The minimum absolute atomic E-state index is 0. The first-order valence-corrected chi connectivity index (χ1v) is 9.73. The number of carbonyl (C=O) groups is 1. The van der Waals surface area contributed by atoms with Gasteiger partial charge in [0.15, 0.2) is 0 Å². The minimum Gasteiger partial charge on any atom is -0.340 e. The van der Waals surface area contributed by atoms with Gasteiger partial charge in [-0.05, 0) is 41.0 Å². The first-order chi connectivity index (χ1) is 9.95. The summed E-state index contributed by atoms with van der Waals surface area (Å²) in [6.07, 6.45) is 1.10. The van der Waals surface area contributed by atoms with E-state index in [9.17, 15) is 13.2 Å². The zero-order chi connectivity index (χ0) is 15.5. The molecule has 0 spiro atoms. The Morgan fingerprint density at radius 2 is 1.91 bits per heavy atom. The molecule has 2 rings (SSSR count). The molecule has 0 radical (unpaired) electrons. The first-order valence-electron chi connectivity index (χ1n) is 6.68. The van der Waals surface area contributed by atoms with Crippen LogP contribution in [0.2, 0.25) is 0 Å². The summed E-state index contributed by atoms with van der Waals surface area (Å²) in [6.45, 7) is 2.05. The van der Waals surface area contributed by atoms with Gasteiger partial charge in [-0.3, -0.25) is 4.79 Å². The van der Waals surface area contributed by atoms with Crippen molar-refractivity contribution in [3.63, 3.8) is 0 Å². The van der Waals surface area contributed by atoms with Gasteiger partial charge >= 0.3 is 0 Å². The van der Waals surface area contributed by atoms with E-state index in [1.54, 1.807) is 17.0 Å². The van der Waals surface area contributed by atoms with Crippen molar-refractivity contribution >= 4 is 55.6 Å². The second-order valence-corrected chi connectivity index (χ2v) is 9.36. The van der Waals surface area contributed by atoms with Crippen LogP contribution in [0.25, 0.3) is 0 Å². The van der Waals surface area contributed by atoms with Crippen LogP contribution in [0, 0.1) is 0 Å². The lowest BCUT2D eigenvalue weighted by molar-refractivity contribution is -0.132. The summed E-state index contributed by atoms with van der Waals surface area (Å²) < 4.78 is 27.5. The van der Waals surface area contributed by atoms with Crippen molar-refractivity contribution in [1.82, 2.24) is 9.21 Å². The van der Waals surface area contributed by atoms with E-state index in [1.807, 2.05) is 0 Å². The summed E-state index contributed by atoms with van der Waals surface area (Å²) in [5.74, 6) is 0.0522. The summed E-state index contributed by atoms with van der Waals surface area (Å²) in [4.78, 5) is 13.6. The lowest BCUT2D eigenvalue weighted by Gasteiger charge is -2.33. The normalized spacial score (nSPS) is 16.4. The van der Waals surface area contributed by atoms with Crippen LogP contribution in [0.1, 0.15) is 12.8 Å². The molecule has 1 aliphatic rings. The maximum Gasteiger partial charge on any atom is 0.252 e. The summed E-state index contributed by atoms with van der Waals surface area (Å²) >= 11 is 4.47. The summed E-state index contributed by atoms with van der Waals surface area (Å²) in [7, 11) is -3.44. The average molecular weight is 433 g/mol. The van der Waals surface area contributed by atoms with Crippen LogP contribution in [-0.4, -0.2) is 56.3 Å². The maximum absolute atomic E-state index is 12.4. The molecule has 0 aliphatic carbocycles. The van der Waals surface area contributed by atoms with Crippen molar-refractivity contribution in [2.24, 2.45) is 5.73 Å². The van der Waals surface area contributed by atoms with Crippen LogP contribution in [0.4, 0.5) is 0 Å². The van der Waals surface area contributed by atoms with Crippen LogP contribution in [0.15, 0.2) is 20.1 Å². The molecule has 0 bridgehead atoms. The molecule has 0 aromatic carbocycles. The number of amides is 1. The van der Waals surface area contributed by atoms with Gasteiger partial charge in [-0.25, -0.2) is 8.42 Å². The molecule has 1 aliphatic heterocycles. The number of hydrogen-bond acceptors (Lipinski definition) is 5. The number of halogens is 2. The molecule has 2 N–H and O–H groups in total. The Kier molecular flexibility index (Phi) is 7.76. The van der Waals surface area contributed by atoms with Gasteiger partial charge in [-0.15, -0.1) is 23.7 Å². The Morgan fingerprint density at radius 3 is 2.41 bits per heavy atom. The van der Waals surface area contributed by atoms with Crippen molar-refractivity contribution in [3.05, 3.63) is 15.9 Å². The van der Waals surface area contributed by atoms with E-state index in [1.165, 1.54) is 15.6 Å². The van der Waals surface area contributed by atoms with Gasteiger partial charge in [0.2, 0.25) is 5.91 Å². The van der Waals surface area contributed by atoms with Gasteiger partial charge in [-0.2, -0.15) is 4.31 Å². The van der Waals surface area contributed by atoms with Crippen LogP contribution < -0.4 is 5.73 Å². The van der Waals surface area contributed by atoms with E-state index in [-0.39, 0.29) is 18.3 Å². The number of piperazine rings is 1. The third kappa shape index (κ3) is 4.65. The number of rotatable bonds is 5. The predicted octanol–water partition coefficient (Wildman–Crippen LogP) is 1.50. The van der Waals surface area contributed by atoms with Crippen LogP contribution in [-0.2, 0) is 14.8 Å². The fourth-order valence-electron chi connectivity index (χ4n) is 2.15. The van der Waals surface area contributed by atoms with Gasteiger partial charge < -0.3 is 10.6 Å². The highest BCUT2D eigenvalue weighted by molar-refractivity contribution is 9.11. The highest BCUT2D eigenvalue weighted by Gasteiger charge is 2.30. The lowest BCUT2D eigenvalue weighted by Crippen LogP contribution is -2.50. The molecule has 2 heterocycles. The molecular formula is C12H19BrClN3O3S2. The average Bonchev–Trinajstić information content (AvgIpc) is 2.92. The molecule has 10 heteroatoms. The van der Waals surface area contributed by atoms with Crippen LogP contribution in [0.5, 0.6) is 0 Å². The Morgan fingerprint density at radius 1 is 1.27 bits per heavy atom. The second-order valence-electron chi connectivity index (χ2n) is 4.74. The predicted molar refractivity (Wildman–Crippen MR) is 92.9 cm³/mol. The molecule has 126 valence electrons. The van der Waals surface area contributed by atoms with Gasteiger partial charge in [0.05, 0.1) is 3.79 Å². The molecule has 1 aromatic rings. The number of nitrogens with zero attached hydrogens (tertiary/aromatic N) is 2. The molecule has 1 fully saturated rings. The quantitative estimate of drug-likeness (QED) is 0.764. The van der Waals surface area contributed by atoms with Gasteiger partial charge in [0.25, 0.3) is 10.0 Å². The van der Waals surface area contributed by atoms with E-state index < -0.39 is 10.0 Å². The molecule has 1 aromatic heterocycles. The number of thiophene rings is 1. The van der Waals surface area contributed by atoms with E-state index in [2.05, 4.69) is 15.9 Å². The van der Waals surface area contributed by atoms with Gasteiger partial charge in [0.1, 0.15) is 4.21 Å². The monoisotopic (exact) mass is 431 g/mol. The molecule has 0 saturated carbocycles. The summed E-state index contributed by atoms with van der Waals surface area (Å²) in [5.41, 5.74) is 5.39. The van der Waals surface area contributed by atoms with Crippen molar-refractivity contribution < 1.29 is 13.2 Å². The third-order valence-electron chi connectivity index (χ3n) is 3.33. The minimum atomic E-state index is -3.44. The van der Waals surface area contributed by atoms with Crippen molar-refractivity contribution in [1.29, 1.82) is 0 Å². The number of hydrogen-bond donors (Lipinski definition) is 1. The zero-order valence-electron chi connectivity index (χ0n) is 11.9. The Bertz CT molecular complexity index is 601. The highest BCUT2D eigenvalue weighted by Crippen LogP contribution is 2.28. The lowest BCUT2D eigenvalue weighted by atomic mass is 10.2. The largest absolute Gasteiger partial charge is 0.340 e. The van der Waals surface area contributed by atoms with Crippen LogP contribution >= 0.6 is 39.7 Å². The van der Waals surface area contributed by atoms with Crippen molar-refractivity contribution in [2.45, 2.75) is 17.1 Å². The SMILES string of the molecule is Cl.NCCCC(=O)N1CCN(S(=O)(=O)c2ccc(Br)s2)CC1. The van der Waals surface area contributed by atoms with Crippen LogP contribution in [0.3, 0.4) is 0 Å². The maximum atomic E-state index is 12.4. The first kappa shape index (κ1) is 19.9. The summed E-state index contributed by atoms with van der Waals surface area (Å²) in [5, 5.41) is 0. The fourth-order valence-corrected chi connectivity index (χ4v) is 5.74. The zero-order valence-corrected chi connectivity index (χ0v) is 15.9. The standard InChI is InChI=1S/C12H18BrN3O3S2.ClH/c13-10-3-4-12(20-10)21(18,19)16-8-6-15(7-9-16)11(17)2-1-5-14;/h3-4H,1-2,5-9,14H2;1H. The van der Waals surface area contributed by atoms with E-state index in [4.69, 9.17) is 5.73 Å². The smallest absolute Gasteiger partial charge is 0.252 e. The topological polar surface area (TPSA) is 83.7 Å². The molecule has 0 atom stereocenters. The molecule has 22 heavy (non-hydrogen) atoms. The molecule has 0 unspecified atom stereocenters. The van der Waals surface area contributed by atoms with Gasteiger partial charge in [-0.1, -0.05) is 0 Å². The van der Waals surface area contributed by atoms with Crippen molar-refractivity contribution in [3.8, 4) is 0 Å². The molecule has 6 nitrogen and oxygen atoms in total. The number of sulfonamides is 1. The summed E-state index contributed by atoms with van der Waals surface area (Å²) in [6, 6.07) is 3.33. The third-order valence-corrected chi connectivity index (χ3v) is 7.32. The van der Waals surface area contributed by atoms with Crippen molar-refractivity contribution in [2.75, 3.05) is 32.7 Å². The fraction of sp³-hybridized carbons (Fsp3) is 0.583. The Balaban J connectivity index is 0.00000242. The highest BCUT2D eigenvalue weighted by atomic mass is 79.9. The van der Waals surface area contributed by atoms with Gasteiger partial charge in [0, 0.05) is 32.6 Å².